The van der Waals surface area contributed by atoms with Gasteiger partial charge in [-0.15, -0.1) is 0 Å². The molecule has 1 aromatic carbocycles. The average molecular weight is 379 g/mol. The van der Waals surface area contributed by atoms with E-state index in [0.717, 1.165) is 0 Å². The third-order valence-electron chi connectivity index (χ3n) is 3.10. The molecule has 1 aliphatic heterocycles. The van der Waals surface area contributed by atoms with Crippen LogP contribution >= 0.6 is 15.9 Å². The normalized spacial score (nSPS) is 20.2. The van der Waals surface area contributed by atoms with Gasteiger partial charge in [-0.1, -0.05) is 0 Å². The van der Waals surface area contributed by atoms with Crippen LogP contribution in [0.5, 0.6) is 0 Å². The second-order valence-electron chi connectivity index (χ2n) is 4.43. The Morgan fingerprint density at radius 1 is 1.52 bits per heavy atom. The Morgan fingerprint density at radius 3 is 2.86 bits per heavy atom. The van der Waals surface area contributed by atoms with Gasteiger partial charge in [0, 0.05) is 16.7 Å². The number of hydrogen-bond acceptors (Lipinski definition) is 6. The number of halogens is 1. The molecule has 0 bridgehead atoms. The second kappa shape index (κ2) is 6.30. The van der Waals surface area contributed by atoms with Crippen molar-refractivity contribution in [2.24, 2.45) is 0 Å². The number of nitrogens with two attached hydrogens (primary N) is 1. The zero-order chi connectivity index (χ0) is 15.6. The van der Waals surface area contributed by atoms with Crippen molar-refractivity contribution in [3.63, 3.8) is 0 Å². The maximum atomic E-state index is 12.6. The van der Waals surface area contributed by atoms with Gasteiger partial charge < -0.3 is 15.2 Å². The summed E-state index contributed by atoms with van der Waals surface area (Å²) in [4.78, 5) is 11.6. The van der Waals surface area contributed by atoms with Crippen LogP contribution in [0.3, 0.4) is 0 Å². The zero-order valence-corrected chi connectivity index (χ0v) is 13.7. The molecule has 1 aliphatic rings. The monoisotopic (exact) mass is 378 g/mol. The van der Waals surface area contributed by atoms with Crippen LogP contribution in [0.25, 0.3) is 0 Å². The smallest absolute Gasteiger partial charge is 0.336 e. The first-order chi connectivity index (χ1) is 9.86. The fraction of sp³-hybridized carbons (Fsp3) is 0.417. The van der Waals surface area contributed by atoms with E-state index in [9.17, 15) is 13.2 Å². The summed E-state index contributed by atoms with van der Waals surface area (Å²) in [5, 5.41) is 0. The van der Waals surface area contributed by atoms with Crippen molar-refractivity contribution in [1.29, 1.82) is 0 Å². The summed E-state index contributed by atoms with van der Waals surface area (Å²) in [6, 6.07) is 4.38. The molecule has 21 heavy (non-hydrogen) atoms. The molecule has 2 N–H and O–H groups in total. The molecule has 0 amide bonds. The van der Waals surface area contributed by atoms with E-state index in [-0.39, 0.29) is 24.6 Å². The Morgan fingerprint density at radius 2 is 2.24 bits per heavy atom. The molecule has 116 valence electrons. The SMILES string of the molecule is COC(=O)C1CN(S(=O)(=O)c2ccc(N)c(Br)c2)CCO1. The van der Waals surface area contributed by atoms with Crippen molar-refractivity contribution >= 4 is 37.6 Å². The van der Waals surface area contributed by atoms with E-state index < -0.39 is 22.1 Å². The van der Waals surface area contributed by atoms with Crippen molar-refractivity contribution in [3.05, 3.63) is 22.7 Å². The Kier molecular flexibility index (Phi) is 4.87. The standard InChI is InChI=1S/C12H15BrN2O5S/c1-19-12(16)11-7-15(4-5-20-11)21(17,18)8-2-3-10(14)9(13)6-8/h2-3,6,11H,4-5,7,14H2,1H3. The molecule has 0 aromatic heterocycles. The van der Waals surface area contributed by atoms with Crippen molar-refractivity contribution < 1.29 is 22.7 Å². The molecule has 0 saturated carbocycles. The van der Waals surface area contributed by atoms with Crippen LogP contribution in [-0.4, -0.2) is 51.6 Å². The number of morpholine rings is 1. The van der Waals surface area contributed by atoms with Crippen molar-refractivity contribution in [2.45, 2.75) is 11.0 Å². The summed E-state index contributed by atoms with van der Waals surface area (Å²) in [6.07, 6.45) is -0.907. The fourth-order valence-electron chi connectivity index (χ4n) is 1.94. The van der Waals surface area contributed by atoms with Gasteiger partial charge in [0.2, 0.25) is 10.0 Å². The number of nitrogen functional groups attached to an aromatic ring is 1. The van der Waals surface area contributed by atoms with E-state index in [1.54, 1.807) is 0 Å². The molecule has 0 spiro atoms. The highest BCUT2D eigenvalue weighted by molar-refractivity contribution is 9.10. The molecule has 7 nitrogen and oxygen atoms in total. The number of rotatable bonds is 3. The summed E-state index contributed by atoms with van der Waals surface area (Å²) in [6.45, 7) is 0.240. The van der Waals surface area contributed by atoms with Crippen LogP contribution in [-0.2, 0) is 24.3 Å². The zero-order valence-electron chi connectivity index (χ0n) is 11.3. The van der Waals surface area contributed by atoms with Gasteiger partial charge in [-0.25, -0.2) is 13.2 Å². The van der Waals surface area contributed by atoms with Gasteiger partial charge in [-0.05, 0) is 34.1 Å². The van der Waals surface area contributed by atoms with Crippen LogP contribution in [0.1, 0.15) is 0 Å². The quantitative estimate of drug-likeness (QED) is 0.610. The van der Waals surface area contributed by atoms with Crippen LogP contribution in [0.4, 0.5) is 5.69 Å². The Balaban J connectivity index is 2.26. The van der Waals surface area contributed by atoms with Gasteiger partial charge in [0.1, 0.15) is 0 Å². The minimum Gasteiger partial charge on any atom is -0.467 e. The highest BCUT2D eigenvalue weighted by atomic mass is 79.9. The summed E-state index contributed by atoms with van der Waals surface area (Å²) in [5.74, 6) is -0.589. The number of sulfonamides is 1. The van der Waals surface area contributed by atoms with Gasteiger partial charge in [-0.3, -0.25) is 0 Å². The molecule has 1 aromatic rings. The molecular formula is C12H15BrN2O5S. The first kappa shape index (κ1) is 16.2. The first-order valence-electron chi connectivity index (χ1n) is 6.11. The molecule has 9 heteroatoms. The van der Waals surface area contributed by atoms with Gasteiger partial charge >= 0.3 is 5.97 Å². The minimum absolute atomic E-state index is 0.0724. The topological polar surface area (TPSA) is 98.9 Å². The van der Waals surface area contributed by atoms with E-state index in [4.69, 9.17) is 10.5 Å². The van der Waals surface area contributed by atoms with Crippen LogP contribution in [0, 0.1) is 0 Å². The predicted octanol–water partition coefficient (Wildman–Crippen LogP) is 0.594. The minimum atomic E-state index is -3.72. The molecule has 0 radical (unpaired) electrons. The molecule has 2 rings (SSSR count). The van der Waals surface area contributed by atoms with E-state index in [0.29, 0.717) is 10.2 Å². The van der Waals surface area contributed by atoms with Crippen LogP contribution in [0.15, 0.2) is 27.6 Å². The molecule has 1 saturated heterocycles. The lowest BCUT2D eigenvalue weighted by molar-refractivity contribution is -0.157. The van der Waals surface area contributed by atoms with Crippen molar-refractivity contribution in [1.82, 2.24) is 4.31 Å². The van der Waals surface area contributed by atoms with Gasteiger partial charge in [0.15, 0.2) is 6.10 Å². The average Bonchev–Trinajstić information content (AvgIpc) is 2.49. The number of hydrogen-bond donors (Lipinski definition) is 1. The highest BCUT2D eigenvalue weighted by Crippen LogP contribution is 2.26. The number of carbonyl (C=O) groups is 1. The third kappa shape index (κ3) is 3.37. The molecule has 1 atom stereocenters. The molecule has 1 fully saturated rings. The molecule has 0 aliphatic carbocycles. The summed E-state index contributed by atoms with van der Waals surface area (Å²) in [5.41, 5.74) is 6.10. The Bertz CT molecular complexity index is 649. The van der Waals surface area contributed by atoms with Crippen LogP contribution in [0.2, 0.25) is 0 Å². The summed E-state index contributed by atoms with van der Waals surface area (Å²) >= 11 is 3.20. The first-order valence-corrected chi connectivity index (χ1v) is 8.34. The van der Waals surface area contributed by atoms with E-state index in [1.165, 1.54) is 29.6 Å². The molecule has 1 unspecified atom stereocenters. The number of anilines is 1. The highest BCUT2D eigenvalue weighted by Gasteiger charge is 2.34. The van der Waals surface area contributed by atoms with Gasteiger partial charge in [0.05, 0.1) is 25.2 Å². The lowest BCUT2D eigenvalue weighted by Crippen LogP contribution is -2.48. The van der Waals surface area contributed by atoms with E-state index >= 15 is 0 Å². The summed E-state index contributed by atoms with van der Waals surface area (Å²) < 4.78 is 36.6. The Hall–Kier alpha value is -1.16. The van der Waals surface area contributed by atoms with E-state index in [2.05, 4.69) is 20.7 Å². The van der Waals surface area contributed by atoms with Crippen molar-refractivity contribution in [2.75, 3.05) is 32.5 Å². The maximum Gasteiger partial charge on any atom is 0.336 e. The number of methoxy groups -OCH3 is 1. The lowest BCUT2D eigenvalue weighted by atomic mass is 10.3. The number of ether oxygens (including phenoxy) is 2. The summed E-state index contributed by atoms with van der Waals surface area (Å²) in [7, 11) is -2.48. The predicted molar refractivity (Wildman–Crippen MR) is 79.1 cm³/mol. The fourth-order valence-corrected chi connectivity index (χ4v) is 3.92. The van der Waals surface area contributed by atoms with Gasteiger partial charge in [-0.2, -0.15) is 4.31 Å². The largest absolute Gasteiger partial charge is 0.467 e. The molecular weight excluding hydrogens is 364 g/mol. The number of nitrogens with zero attached hydrogens (tertiary/aromatic N) is 1. The number of carbonyl (C=O) groups excluding carboxylic acids is 1. The van der Waals surface area contributed by atoms with Crippen LogP contribution < -0.4 is 5.73 Å². The maximum absolute atomic E-state index is 12.6. The Labute approximate surface area is 131 Å². The number of esters is 1. The number of benzene rings is 1. The second-order valence-corrected chi connectivity index (χ2v) is 7.22. The molecule has 1 heterocycles. The lowest BCUT2D eigenvalue weighted by Gasteiger charge is -2.30. The van der Waals surface area contributed by atoms with Crippen molar-refractivity contribution in [3.8, 4) is 0 Å². The third-order valence-corrected chi connectivity index (χ3v) is 5.65. The van der Waals surface area contributed by atoms with E-state index in [1.807, 2.05) is 0 Å². The van der Waals surface area contributed by atoms with Gasteiger partial charge in [0.25, 0.3) is 0 Å².